The molecule has 5 heteroatoms. The first-order chi connectivity index (χ1) is 8.77. The van der Waals surface area contributed by atoms with Gasteiger partial charge in [-0.1, -0.05) is 11.8 Å². The molecule has 0 spiro atoms. The topological polar surface area (TPSA) is 60.8 Å². The minimum atomic E-state index is -0.216. The lowest BCUT2D eigenvalue weighted by atomic mass is 10.2. The summed E-state index contributed by atoms with van der Waals surface area (Å²) in [6, 6.07) is 1.71. The number of hydrogen-bond acceptors (Lipinski definition) is 4. The summed E-state index contributed by atoms with van der Waals surface area (Å²) in [5.41, 5.74) is 0.655. The Morgan fingerprint density at radius 2 is 2.39 bits per heavy atom. The molecule has 0 bridgehead atoms. The van der Waals surface area contributed by atoms with Gasteiger partial charge in [-0.05, 0) is 24.3 Å². The maximum atomic E-state index is 12.4. The minimum Gasteiger partial charge on any atom is -0.394 e. The van der Waals surface area contributed by atoms with Crippen LogP contribution >= 0.6 is 11.3 Å². The zero-order chi connectivity index (χ0) is 13.0. The number of thiophene rings is 1. The van der Waals surface area contributed by atoms with Crippen LogP contribution < -0.4 is 0 Å². The van der Waals surface area contributed by atoms with Gasteiger partial charge in [-0.25, -0.2) is 0 Å². The van der Waals surface area contributed by atoms with Crippen molar-refractivity contribution in [2.75, 3.05) is 19.8 Å². The van der Waals surface area contributed by atoms with Gasteiger partial charge < -0.3 is 15.1 Å². The normalized spacial score (nSPS) is 18.6. The fourth-order valence-electron chi connectivity index (χ4n) is 2.13. The van der Waals surface area contributed by atoms with Crippen LogP contribution in [0.5, 0.6) is 0 Å². The molecule has 1 amide bonds. The van der Waals surface area contributed by atoms with E-state index in [1.165, 1.54) is 11.3 Å². The summed E-state index contributed by atoms with van der Waals surface area (Å²) in [5.74, 6) is 5.27. The Labute approximate surface area is 110 Å². The van der Waals surface area contributed by atoms with Crippen molar-refractivity contribution < 1.29 is 15.0 Å². The van der Waals surface area contributed by atoms with Gasteiger partial charge in [-0.2, -0.15) is 0 Å². The third-order valence-electron chi connectivity index (χ3n) is 3.01. The van der Waals surface area contributed by atoms with E-state index in [-0.39, 0.29) is 25.2 Å². The van der Waals surface area contributed by atoms with E-state index in [0.29, 0.717) is 17.0 Å². The molecule has 1 fully saturated rings. The van der Waals surface area contributed by atoms with E-state index in [9.17, 15) is 9.90 Å². The molecule has 18 heavy (non-hydrogen) atoms. The zero-order valence-electron chi connectivity index (χ0n) is 9.93. The molecule has 4 nitrogen and oxygen atoms in total. The fraction of sp³-hybridized carbons (Fsp3) is 0.462. The van der Waals surface area contributed by atoms with E-state index < -0.39 is 0 Å². The Morgan fingerprint density at radius 3 is 3.11 bits per heavy atom. The number of amides is 1. The number of nitrogens with zero attached hydrogens (tertiary/aromatic N) is 1. The van der Waals surface area contributed by atoms with E-state index in [0.717, 1.165) is 12.8 Å². The van der Waals surface area contributed by atoms with Gasteiger partial charge in [0.15, 0.2) is 0 Å². The Kier molecular flexibility index (Phi) is 4.37. The molecular formula is C13H15NO3S. The molecular weight excluding hydrogens is 250 g/mol. The number of aliphatic hydroxyl groups is 2. The quantitative estimate of drug-likeness (QED) is 0.773. The molecule has 1 aromatic rings. The number of aliphatic hydroxyl groups excluding tert-OH is 2. The van der Waals surface area contributed by atoms with Gasteiger partial charge >= 0.3 is 0 Å². The van der Waals surface area contributed by atoms with Crippen LogP contribution in [0, 0.1) is 11.8 Å². The Morgan fingerprint density at radius 1 is 1.56 bits per heavy atom. The van der Waals surface area contributed by atoms with Crippen molar-refractivity contribution in [3.05, 3.63) is 21.9 Å². The van der Waals surface area contributed by atoms with E-state index in [2.05, 4.69) is 11.8 Å². The SMILES string of the molecule is O=C(c1sccc1C#CCO)N1CCCC1CO. The van der Waals surface area contributed by atoms with Gasteiger partial charge in [-0.15, -0.1) is 11.3 Å². The summed E-state index contributed by atoms with van der Waals surface area (Å²) in [6.07, 6.45) is 1.78. The number of carbonyl (C=O) groups excluding carboxylic acids is 1. The number of carbonyl (C=O) groups is 1. The fourth-order valence-corrected chi connectivity index (χ4v) is 2.94. The van der Waals surface area contributed by atoms with Crippen LogP contribution in [-0.2, 0) is 0 Å². The molecule has 2 heterocycles. The molecule has 96 valence electrons. The highest BCUT2D eigenvalue weighted by molar-refractivity contribution is 7.12. The monoisotopic (exact) mass is 265 g/mol. The number of hydrogen-bond donors (Lipinski definition) is 2. The van der Waals surface area contributed by atoms with Crippen LogP contribution in [0.25, 0.3) is 0 Å². The molecule has 1 aliphatic heterocycles. The molecule has 0 aliphatic carbocycles. The standard InChI is InChI=1S/C13H15NO3S/c15-7-2-3-10-5-8-18-12(10)13(17)14-6-1-4-11(14)9-16/h5,8,11,15-16H,1,4,6-7,9H2. The molecule has 0 saturated carbocycles. The van der Waals surface area contributed by atoms with Crippen LogP contribution in [0.1, 0.15) is 28.1 Å². The molecule has 1 atom stereocenters. The van der Waals surface area contributed by atoms with Crippen molar-refractivity contribution in [3.8, 4) is 11.8 Å². The Hall–Kier alpha value is -1.35. The Bertz CT molecular complexity index is 486. The van der Waals surface area contributed by atoms with Crippen LogP contribution in [0.4, 0.5) is 0 Å². The van der Waals surface area contributed by atoms with E-state index >= 15 is 0 Å². The second-order valence-corrected chi connectivity index (χ2v) is 5.02. The van der Waals surface area contributed by atoms with Crippen LogP contribution in [0.2, 0.25) is 0 Å². The first-order valence-corrected chi connectivity index (χ1v) is 6.75. The summed E-state index contributed by atoms with van der Waals surface area (Å²) >= 11 is 1.35. The summed E-state index contributed by atoms with van der Waals surface area (Å²) in [5, 5.41) is 19.7. The predicted molar refractivity (Wildman–Crippen MR) is 69.4 cm³/mol. The van der Waals surface area contributed by atoms with Crippen molar-refractivity contribution in [1.82, 2.24) is 4.90 Å². The van der Waals surface area contributed by atoms with Crippen molar-refractivity contribution in [1.29, 1.82) is 0 Å². The largest absolute Gasteiger partial charge is 0.394 e. The molecule has 1 aliphatic rings. The van der Waals surface area contributed by atoms with E-state index in [4.69, 9.17) is 5.11 Å². The average Bonchev–Trinajstić information content (AvgIpc) is 3.03. The van der Waals surface area contributed by atoms with Crippen LogP contribution in [-0.4, -0.2) is 46.8 Å². The number of rotatable bonds is 2. The van der Waals surface area contributed by atoms with Crippen LogP contribution in [0.3, 0.4) is 0 Å². The molecule has 2 rings (SSSR count). The first kappa shape index (κ1) is 13.1. The second kappa shape index (κ2) is 6.01. The van der Waals surface area contributed by atoms with Crippen molar-refractivity contribution in [2.45, 2.75) is 18.9 Å². The van der Waals surface area contributed by atoms with Gasteiger partial charge in [0.25, 0.3) is 5.91 Å². The minimum absolute atomic E-state index is 0.00870. The van der Waals surface area contributed by atoms with Crippen LogP contribution in [0.15, 0.2) is 11.4 Å². The van der Waals surface area contributed by atoms with Crippen molar-refractivity contribution in [3.63, 3.8) is 0 Å². The molecule has 2 N–H and O–H groups in total. The highest BCUT2D eigenvalue weighted by atomic mass is 32.1. The predicted octanol–water partition coefficient (Wildman–Crippen LogP) is 0.689. The van der Waals surface area contributed by atoms with Gasteiger partial charge in [0.2, 0.25) is 0 Å². The van der Waals surface area contributed by atoms with Crippen molar-refractivity contribution in [2.24, 2.45) is 0 Å². The zero-order valence-corrected chi connectivity index (χ0v) is 10.7. The lowest BCUT2D eigenvalue weighted by Gasteiger charge is -2.22. The van der Waals surface area contributed by atoms with Gasteiger partial charge in [0.05, 0.1) is 12.6 Å². The third-order valence-corrected chi connectivity index (χ3v) is 3.91. The Balaban J connectivity index is 2.21. The lowest BCUT2D eigenvalue weighted by Crippen LogP contribution is -2.37. The smallest absolute Gasteiger partial charge is 0.265 e. The average molecular weight is 265 g/mol. The third kappa shape index (κ3) is 2.56. The molecule has 1 aromatic heterocycles. The summed E-state index contributed by atoms with van der Waals surface area (Å²) in [6.45, 7) is 0.482. The summed E-state index contributed by atoms with van der Waals surface area (Å²) < 4.78 is 0. The maximum absolute atomic E-state index is 12.4. The van der Waals surface area contributed by atoms with Gasteiger partial charge in [0.1, 0.15) is 11.5 Å². The van der Waals surface area contributed by atoms with E-state index in [1.54, 1.807) is 11.0 Å². The van der Waals surface area contributed by atoms with Gasteiger partial charge in [0, 0.05) is 12.1 Å². The van der Waals surface area contributed by atoms with Crippen molar-refractivity contribution >= 4 is 17.2 Å². The maximum Gasteiger partial charge on any atom is 0.265 e. The molecule has 1 saturated heterocycles. The molecule has 1 unspecified atom stereocenters. The molecule has 0 radical (unpaired) electrons. The highest BCUT2D eigenvalue weighted by Crippen LogP contribution is 2.24. The van der Waals surface area contributed by atoms with E-state index in [1.807, 2.05) is 5.38 Å². The highest BCUT2D eigenvalue weighted by Gasteiger charge is 2.30. The summed E-state index contributed by atoms with van der Waals surface area (Å²) in [7, 11) is 0. The second-order valence-electron chi connectivity index (χ2n) is 4.10. The molecule has 0 aromatic carbocycles. The van der Waals surface area contributed by atoms with Gasteiger partial charge in [-0.3, -0.25) is 4.79 Å². The summed E-state index contributed by atoms with van der Waals surface area (Å²) in [4.78, 5) is 14.7. The first-order valence-electron chi connectivity index (χ1n) is 5.87. The number of likely N-dealkylation sites (tertiary alicyclic amines) is 1. The lowest BCUT2D eigenvalue weighted by molar-refractivity contribution is 0.0682.